The summed E-state index contributed by atoms with van der Waals surface area (Å²) in [7, 11) is 3.34. The molecule has 11 nitrogen and oxygen atoms in total. The Morgan fingerprint density at radius 3 is 2.84 bits per heavy atom. The molecule has 4 atom stereocenters. The molecule has 4 aromatic rings. The van der Waals surface area contributed by atoms with E-state index in [1.807, 2.05) is 0 Å². The first kappa shape index (κ1) is 33.3. The lowest BCUT2D eigenvalue weighted by Crippen LogP contribution is -2.58. The van der Waals surface area contributed by atoms with Crippen LogP contribution in [-0.4, -0.2) is 108 Å². The number of ether oxygens (including phenoxy) is 3. The Hall–Kier alpha value is -4.80. The molecule has 2 unspecified atom stereocenters. The van der Waals surface area contributed by atoms with Gasteiger partial charge in [0.15, 0.2) is 5.82 Å². The summed E-state index contributed by atoms with van der Waals surface area (Å²) in [5, 5.41) is 5.00. The summed E-state index contributed by atoms with van der Waals surface area (Å²) in [6, 6.07) is 8.42. The molecule has 3 fully saturated rings. The molecular formula is C38H41F2N7O4. The number of nitrogens with zero attached hydrogens (tertiary/aromatic N) is 6. The van der Waals surface area contributed by atoms with Crippen molar-refractivity contribution in [3.05, 3.63) is 47.5 Å². The third kappa shape index (κ3) is 5.65. The van der Waals surface area contributed by atoms with Gasteiger partial charge < -0.3 is 29.3 Å². The van der Waals surface area contributed by atoms with Gasteiger partial charge in [-0.2, -0.15) is 9.97 Å². The number of hydrogen-bond acceptors (Lipinski definition) is 10. The summed E-state index contributed by atoms with van der Waals surface area (Å²) in [5.41, 5.74) is 0.0600. The van der Waals surface area contributed by atoms with Crippen LogP contribution in [0.3, 0.4) is 0 Å². The van der Waals surface area contributed by atoms with E-state index in [9.17, 15) is 9.18 Å². The molecule has 0 saturated carbocycles. The third-order valence-electron chi connectivity index (χ3n) is 11.1. The highest BCUT2D eigenvalue weighted by molar-refractivity contribution is 6.03. The maximum atomic E-state index is 17.1. The number of amides is 1. The van der Waals surface area contributed by atoms with E-state index in [0.29, 0.717) is 60.5 Å². The largest absolute Gasteiger partial charge is 0.475 e. The smallest absolute Gasteiger partial charge is 0.409 e. The predicted molar refractivity (Wildman–Crippen MR) is 189 cm³/mol. The number of terminal acetylenes is 1. The van der Waals surface area contributed by atoms with Gasteiger partial charge in [0.1, 0.15) is 48.1 Å². The van der Waals surface area contributed by atoms with E-state index in [4.69, 9.17) is 35.6 Å². The monoisotopic (exact) mass is 697 g/mol. The molecule has 6 heterocycles. The molecule has 0 radical (unpaired) electrons. The molecule has 0 spiro atoms. The van der Waals surface area contributed by atoms with E-state index in [1.165, 1.54) is 11.0 Å². The Labute approximate surface area is 295 Å². The topological polar surface area (TPSA) is 105 Å². The third-order valence-corrected chi connectivity index (χ3v) is 11.1. The number of carbonyl (C=O) groups is 1. The van der Waals surface area contributed by atoms with Crippen molar-refractivity contribution in [1.82, 2.24) is 30.1 Å². The average molecular weight is 698 g/mol. The highest BCUT2D eigenvalue weighted by atomic mass is 19.1. The van der Waals surface area contributed by atoms with E-state index < -0.39 is 11.6 Å². The second kappa shape index (κ2) is 13.1. The first-order valence-corrected chi connectivity index (χ1v) is 17.7. The number of hydrogen-bond donors (Lipinski definition) is 1. The molecule has 1 amide bonds. The number of carbonyl (C=O) groups excluding carboxylic acids is 1. The highest BCUT2D eigenvalue weighted by Crippen LogP contribution is 2.45. The fourth-order valence-electron chi connectivity index (χ4n) is 8.36. The minimum atomic E-state index is -0.699. The van der Waals surface area contributed by atoms with E-state index in [1.54, 1.807) is 38.4 Å². The standard InChI is InChI=1S/C38H41F2N7O4/c1-5-23-18-46-25(17-41-23)20-49-35-30-33(31(40)32(42-35)27-10-7-9-22-11-12-28(39)26(6-2)29(22)27)43-36(44-34(30)46)51-21-38-14-8-16-47(38)24(13-15-38)19-50-37(48)45(3)4/h2,7,9-12,23-25,41H,5,8,13-21H2,1,3-4H3/t23-,24?,25+,38?/m1/s1. The summed E-state index contributed by atoms with van der Waals surface area (Å²) in [5.74, 6) is 1.89. The van der Waals surface area contributed by atoms with Crippen LogP contribution >= 0.6 is 0 Å². The molecule has 1 N–H and O–H groups in total. The Kier molecular flexibility index (Phi) is 8.55. The van der Waals surface area contributed by atoms with E-state index in [-0.39, 0.29) is 58.4 Å². The Bertz CT molecular complexity index is 2070. The van der Waals surface area contributed by atoms with Gasteiger partial charge in [-0.25, -0.2) is 18.6 Å². The molecular weight excluding hydrogens is 656 g/mol. The van der Waals surface area contributed by atoms with Crippen molar-refractivity contribution in [2.24, 2.45) is 0 Å². The number of nitrogens with one attached hydrogen (secondary N) is 1. The van der Waals surface area contributed by atoms with Gasteiger partial charge in [0, 0.05) is 50.2 Å². The fourth-order valence-corrected chi connectivity index (χ4v) is 8.36. The van der Waals surface area contributed by atoms with E-state index in [2.05, 4.69) is 28.0 Å². The Morgan fingerprint density at radius 2 is 2.04 bits per heavy atom. The van der Waals surface area contributed by atoms with Gasteiger partial charge in [-0.05, 0) is 50.1 Å². The predicted octanol–water partition coefficient (Wildman–Crippen LogP) is 5.13. The summed E-state index contributed by atoms with van der Waals surface area (Å²) >= 11 is 0. The van der Waals surface area contributed by atoms with Gasteiger partial charge in [0.2, 0.25) is 5.88 Å². The number of rotatable bonds is 7. The van der Waals surface area contributed by atoms with Crippen LogP contribution < -0.4 is 19.7 Å². The van der Waals surface area contributed by atoms with Gasteiger partial charge in [-0.15, -0.1) is 6.42 Å². The second-order valence-electron chi connectivity index (χ2n) is 14.2. The van der Waals surface area contributed by atoms with Gasteiger partial charge >= 0.3 is 12.1 Å². The normalized spacial score (nSPS) is 24.1. The van der Waals surface area contributed by atoms with E-state index in [0.717, 1.165) is 38.6 Å². The summed E-state index contributed by atoms with van der Waals surface area (Å²) in [6.45, 7) is 5.18. The molecule has 0 bridgehead atoms. The minimum Gasteiger partial charge on any atom is -0.475 e. The second-order valence-corrected chi connectivity index (χ2v) is 14.2. The number of fused-ring (bicyclic) bond motifs is 4. The van der Waals surface area contributed by atoms with Gasteiger partial charge in [-0.3, -0.25) is 4.90 Å². The lowest BCUT2D eigenvalue weighted by molar-refractivity contribution is 0.0484. The maximum Gasteiger partial charge on any atom is 0.409 e. The molecule has 2 aromatic heterocycles. The van der Waals surface area contributed by atoms with Crippen molar-refractivity contribution in [2.45, 2.75) is 62.7 Å². The number of pyridine rings is 1. The van der Waals surface area contributed by atoms with Crippen LogP contribution in [0.5, 0.6) is 11.9 Å². The van der Waals surface area contributed by atoms with Crippen LogP contribution in [0.1, 0.15) is 44.6 Å². The van der Waals surface area contributed by atoms with Crippen LogP contribution in [-0.2, 0) is 4.74 Å². The first-order chi connectivity index (χ1) is 24.7. The van der Waals surface area contributed by atoms with Gasteiger partial charge in [0.25, 0.3) is 0 Å². The number of benzene rings is 2. The van der Waals surface area contributed by atoms with E-state index >= 15 is 4.39 Å². The first-order valence-electron chi connectivity index (χ1n) is 17.7. The van der Waals surface area contributed by atoms with Crippen LogP contribution in [0.4, 0.5) is 19.4 Å². The van der Waals surface area contributed by atoms with Crippen molar-refractivity contribution >= 4 is 33.6 Å². The zero-order chi connectivity index (χ0) is 35.4. The van der Waals surface area contributed by atoms with Crippen molar-refractivity contribution in [3.8, 4) is 35.5 Å². The van der Waals surface area contributed by atoms with Crippen molar-refractivity contribution in [1.29, 1.82) is 0 Å². The molecule has 3 saturated heterocycles. The Morgan fingerprint density at radius 1 is 1.18 bits per heavy atom. The van der Waals surface area contributed by atoms with Crippen LogP contribution in [0.25, 0.3) is 32.9 Å². The zero-order valence-corrected chi connectivity index (χ0v) is 29.0. The van der Waals surface area contributed by atoms with Crippen molar-refractivity contribution in [2.75, 3.05) is 58.5 Å². The zero-order valence-electron chi connectivity index (χ0n) is 29.0. The molecule has 4 aliphatic rings. The lowest BCUT2D eigenvalue weighted by atomic mass is 9.95. The highest BCUT2D eigenvalue weighted by Gasteiger charge is 2.50. The number of halogens is 2. The van der Waals surface area contributed by atoms with Crippen LogP contribution in [0.2, 0.25) is 0 Å². The number of aromatic nitrogens is 3. The van der Waals surface area contributed by atoms with Crippen molar-refractivity contribution in [3.63, 3.8) is 0 Å². The maximum absolute atomic E-state index is 17.1. The molecule has 4 aliphatic heterocycles. The van der Waals surface area contributed by atoms with Gasteiger partial charge in [0.05, 0.1) is 17.1 Å². The number of anilines is 1. The molecule has 51 heavy (non-hydrogen) atoms. The quantitative estimate of drug-likeness (QED) is 0.262. The fraction of sp³-hybridized carbons (Fsp3) is 0.474. The molecule has 13 heteroatoms. The van der Waals surface area contributed by atoms with Crippen LogP contribution in [0, 0.1) is 24.0 Å². The van der Waals surface area contributed by atoms with Crippen molar-refractivity contribution < 1.29 is 27.8 Å². The van der Waals surface area contributed by atoms with Crippen LogP contribution in [0.15, 0.2) is 30.3 Å². The Balaban J connectivity index is 1.22. The lowest BCUT2D eigenvalue weighted by Gasteiger charge is -2.39. The molecule has 8 rings (SSSR count). The molecule has 2 aromatic carbocycles. The summed E-state index contributed by atoms with van der Waals surface area (Å²) in [4.78, 5) is 32.6. The average Bonchev–Trinajstić information content (AvgIpc) is 3.67. The van der Waals surface area contributed by atoms with Gasteiger partial charge in [-0.1, -0.05) is 37.1 Å². The summed E-state index contributed by atoms with van der Waals surface area (Å²) < 4.78 is 50.5. The number of piperazine rings is 1. The summed E-state index contributed by atoms with van der Waals surface area (Å²) in [6.07, 6.45) is 9.95. The minimum absolute atomic E-state index is 0.0126. The SMILES string of the molecule is C#Cc1c(F)ccc2cccc(-c3nc4c5c(nc(OCC67CCCN6C(COC(=O)N(C)C)CC7)nc5c3F)N3C[C@@H](CC)NC[C@H]3CO4)c12. The molecule has 266 valence electrons. The molecule has 0 aliphatic carbocycles.